The molecule has 4 nitrogen and oxygen atoms in total. The standard InChI is InChI=1S/C16H17F2N3O/c1-10-20-15(12-4-5-22-9-12)7-16(21-10)19-8-11-2-3-13(17)14(18)6-11/h2-3,6-7,12H,4-5,8-9H2,1H3,(H,19,20,21)/t12-/m0/s1. The predicted octanol–water partition coefficient (Wildman–Crippen LogP) is 3.18. The van der Waals surface area contributed by atoms with Crippen molar-refractivity contribution in [3.8, 4) is 0 Å². The van der Waals surface area contributed by atoms with Crippen LogP contribution in [0.4, 0.5) is 14.6 Å². The van der Waals surface area contributed by atoms with Crippen LogP contribution in [0.15, 0.2) is 24.3 Å². The van der Waals surface area contributed by atoms with E-state index in [1.165, 1.54) is 6.07 Å². The van der Waals surface area contributed by atoms with Crippen LogP contribution in [0.3, 0.4) is 0 Å². The topological polar surface area (TPSA) is 47.0 Å². The predicted molar refractivity (Wildman–Crippen MR) is 78.6 cm³/mol. The van der Waals surface area contributed by atoms with Gasteiger partial charge in [-0.15, -0.1) is 0 Å². The highest BCUT2D eigenvalue weighted by Gasteiger charge is 2.20. The molecule has 6 heteroatoms. The Morgan fingerprint density at radius 2 is 2.09 bits per heavy atom. The number of ether oxygens (including phenoxy) is 1. The minimum Gasteiger partial charge on any atom is -0.381 e. The molecular weight excluding hydrogens is 288 g/mol. The normalized spacial score (nSPS) is 17.7. The van der Waals surface area contributed by atoms with E-state index in [9.17, 15) is 8.78 Å². The first-order valence-corrected chi connectivity index (χ1v) is 7.23. The summed E-state index contributed by atoms with van der Waals surface area (Å²) in [5, 5.41) is 3.13. The van der Waals surface area contributed by atoms with Gasteiger partial charge in [0.1, 0.15) is 11.6 Å². The number of halogens is 2. The number of hydrogen-bond donors (Lipinski definition) is 1. The highest BCUT2D eigenvalue weighted by Crippen LogP contribution is 2.25. The molecule has 0 aliphatic carbocycles. The first-order valence-electron chi connectivity index (χ1n) is 7.23. The zero-order chi connectivity index (χ0) is 15.5. The van der Waals surface area contributed by atoms with E-state index in [2.05, 4.69) is 15.3 Å². The molecule has 0 saturated carbocycles. The largest absolute Gasteiger partial charge is 0.381 e. The third kappa shape index (κ3) is 3.39. The molecule has 1 aliphatic heterocycles. The molecule has 1 aliphatic rings. The van der Waals surface area contributed by atoms with Crippen LogP contribution in [0.2, 0.25) is 0 Å². The molecule has 1 saturated heterocycles. The van der Waals surface area contributed by atoms with Crippen molar-refractivity contribution in [2.45, 2.75) is 25.8 Å². The Morgan fingerprint density at radius 1 is 1.23 bits per heavy atom. The van der Waals surface area contributed by atoms with Crippen molar-refractivity contribution >= 4 is 5.82 Å². The third-order valence-corrected chi connectivity index (χ3v) is 3.66. The zero-order valence-corrected chi connectivity index (χ0v) is 12.3. The smallest absolute Gasteiger partial charge is 0.159 e. The fraction of sp³-hybridized carbons (Fsp3) is 0.375. The van der Waals surface area contributed by atoms with Gasteiger partial charge in [-0.25, -0.2) is 18.7 Å². The lowest BCUT2D eigenvalue weighted by Crippen LogP contribution is -2.08. The van der Waals surface area contributed by atoms with Gasteiger partial charge in [-0.1, -0.05) is 6.07 Å². The molecule has 1 aromatic heterocycles. The number of anilines is 1. The summed E-state index contributed by atoms with van der Waals surface area (Å²) in [4.78, 5) is 8.79. The molecule has 22 heavy (non-hydrogen) atoms. The van der Waals surface area contributed by atoms with Gasteiger partial charge in [0, 0.05) is 25.1 Å². The van der Waals surface area contributed by atoms with E-state index in [4.69, 9.17) is 4.74 Å². The molecular formula is C16H17F2N3O. The molecule has 2 heterocycles. The van der Waals surface area contributed by atoms with E-state index in [0.29, 0.717) is 36.3 Å². The average molecular weight is 305 g/mol. The SMILES string of the molecule is Cc1nc(NCc2ccc(F)c(F)c2)cc([C@H]2CCOC2)n1. The minimum absolute atomic E-state index is 0.297. The van der Waals surface area contributed by atoms with Gasteiger partial charge in [0.05, 0.1) is 12.3 Å². The molecule has 0 amide bonds. The summed E-state index contributed by atoms with van der Waals surface area (Å²) in [6, 6.07) is 5.75. The summed E-state index contributed by atoms with van der Waals surface area (Å²) in [5.74, 6) is -0.0334. The second-order valence-corrected chi connectivity index (χ2v) is 5.39. The lowest BCUT2D eigenvalue weighted by atomic mass is 10.0. The molecule has 0 unspecified atom stereocenters. The van der Waals surface area contributed by atoms with Crippen LogP contribution in [0.1, 0.15) is 29.4 Å². The Kier molecular flexibility index (Phi) is 4.29. The van der Waals surface area contributed by atoms with Gasteiger partial charge in [0.25, 0.3) is 0 Å². The molecule has 0 bridgehead atoms. The highest BCUT2D eigenvalue weighted by molar-refractivity contribution is 5.38. The molecule has 1 atom stereocenters. The van der Waals surface area contributed by atoms with Crippen LogP contribution in [0.25, 0.3) is 0 Å². The quantitative estimate of drug-likeness (QED) is 0.942. The number of nitrogens with zero attached hydrogens (tertiary/aromatic N) is 2. The Bertz CT molecular complexity index is 672. The Morgan fingerprint density at radius 3 is 2.82 bits per heavy atom. The van der Waals surface area contributed by atoms with Gasteiger partial charge in [-0.2, -0.15) is 0 Å². The van der Waals surface area contributed by atoms with Crippen molar-refractivity contribution in [1.82, 2.24) is 9.97 Å². The summed E-state index contributed by atoms with van der Waals surface area (Å²) >= 11 is 0. The van der Waals surface area contributed by atoms with Crippen molar-refractivity contribution in [2.24, 2.45) is 0 Å². The summed E-state index contributed by atoms with van der Waals surface area (Å²) < 4.78 is 31.5. The summed E-state index contributed by atoms with van der Waals surface area (Å²) in [5.41, 5.74) is 1.61. The second-order valence-electron chi connectivity index (χ2n) is 5.39. The minimum atomic E-state index is -0.845. The van der Waals surface area contributed by atoms with Gasteiger partial charge in [0.15, 0.2) is 11.6 Å². The molecule has 1 fully saturated rings. The van der Waals surface area contributed by atoms with Crippen LogP contribution in [-0.4, -0.2) is 23.2 Å². The monoisotopic (exact) mass is 305 g/mol. The third-order valence-electron chi connectivity index (χ3n) is 3.66. The number of rotatable bonds is 4. The first-order chi connectivity index (χ1) is 10.6. The van der Waals surface area contributed by atoms with Crippen molar-refractivity contribution in [2.75, 3.05) is 18.5 Å². The number of aromatic nitrogens is 2. The fourth-order valence-corrected chi connectivity index (χ4v) is 2.50. The lowest BCUT2D eigenvalue weighted by Gasteiger charge is -2.12. The van der Waals surface area contributed by atoms with E-state index in [1.54, 1.807) is 6.07 Å². The maximum Gasteiger partial charge on any atom is 0.159 e. The van der Waals surface area contributed by atoms with Crippen LogP contribution in [0.5, 0.6) is 0 Å². The summed E-state index contributed by atoms with van der Waals surface area (Å²) in [6.07, 6.45) is 0.957. The summed E-state index contributed by atoms with van der Waals surface area (Å²) in [6.45, 7) is 3.64. The van der Waals surface area contributed by atoms with Crippen LogP contribution in [-0.2, 0) is 11.3 Å². The molecule has 1 N–H and O–H groups in total. The van der Waals surface area contributed by atoms with Gasteiger partial charge in [-0.3, -0.25) is 0 Å². The maximum absolute atomic E-state index is 13.2. The molecule has 3 rings (SSSR count). The second kappa shape index (κ2) is 6.36. The highest BCUT2D eigenvalue weighted by atomic mass is 19.2. The van der Waals surface area contributed by atoms with E-state index in [-0.39, 0.29) is 0 Å². The van der Waals surface area contributed by atoms with E-state index in [1.807, 2.05) is 13.0 Å². The van der Waals surface area contributed by atoms with Crippen molar-refractivity contribution in [3.63, 3.8) is 0 Å². The Balaban J connectivity index is 1.72. The Hall–Kier alpha value is -2.08. The van der Waals surface area contributed by atoms with Crippen LogP contribution < -0.4 is 5.32 Å². The molecule has 0 radical (unpaired) electrons. The molecule has 2 aromatic rings. The van der Waals surface area contributed by atoms with Crippen molar-refractivity contribution < 1.29 is 13.5 Å². The first kappa shape index (κ1) is 14.8. The Labute approximate surface area is 127 Å². The number of benzene rings is 1. The number of hydrogen-bond acceptors (Lipinski definition) is 4. The average Bonchev–Trinajstić information content (AvgIpc) is 3.02. The van der Waals surface area contributed by atoms with E-state index < -0.39 is 11.6 Å². The molecule has 1 aromatic carbocycles. The zero-order valence-electron chi connectivity index (χ0n) is 12.3. The molecule has 116 valence electrons. The van der Waals surface area contributed by atoms with Gasteiger partial charge in [-0.05, 0) is 31.0 Å². The van der Waals surface area contributed by atoms with Crippen molar-refractivity contribution in [1.29, 1.82) is 0 Å². The van der Waals surface area contributed by atoms with Crippen LogP contribution >= 0.6 is 0 Å². The van der Waals surface area contributed by atoms with Crippen molar-refractivity contribution in [3.05, 3.63) is 53.0 Å². The van der Waals surface area contributed by atoms with Gasteiger partial charge < -0.3 is 10.1 Å². The summed E-state index contributed by atoms with van der Waals surface area (Å²) in [7, 11) is 0. The maximum atomic E-state index is 13.2. The number of nitrogens with one attached hydrogen (secondary N) is 1. The lowest BCUT2D eigenvalue weighted by molar-refractivity contribution is 0.193. The molecule has 0 spiro atoms. The van der Waals surface area contributed by atoms with E-state index >= 15 is 0 Å². The van der Waals surface area contributed by atoms with Crippen LogP contribution in [0, 0.1) is 18.6 Å². The fourth-order valence-electron chi connectivity index (χ4n) is 2.50. The van der Waals surface area contributed by atoms with Gasteiger partial charge in [0.2, 0.25) is 0 Å². The van der Waals surface area contributed by atoms with Gasteiger partial charge >= 0.3 is 0 Å². The number of aryl methyl sites for hydroxylation is 1. The van der Waals surface area contributed by atoms with E-state index in [0.717, 1.165) is 24.8 Å².